The minimum atomic E-state index is 0.368. The van der Waals surface area contributed by atoms with E-state index in [1.54, 1.807) is 0 Å². The van der Waals surface area contributed by atoms with E-state index in [9.17, 15) is 0 Å². The molecule has 0 bridgehead atoms. The lowest BCUT2D eigenvalue weighted by Crippen LogP contribution is -2.50. The molecule has 1 rings (SSSR count). The predicted molar refractivity (Wildman–Crippen MR) is 52.0 cm³/mol. The smallest absolute Gasteiger partial charge is 0.0334 e. The van der Waals surface area contributed by atoms with Crippen LogP contribution in [0, 0.1) is 0 Å². The van der Waals surface area contributed by atoms with Crippen LogP contribution in [0.5, 0.6) is 0 Å². The maximum absolute atomic E-state index is 5.98. The fraction of sp³-hybridized carbons (Fsp3) is 1.00. The SMILES string of the molecule is CC[C@@H](N)C1CSCCN1C. The molecule has 1 fully saturated rings. The van der Waals surface area contributed by atoms with Crippen LogP contribution >= 0.6 is 11.8 Å². The van der Waals surface area contributed by atoms with E-state index in [1.807, 2.05) is 11.8 Å². The Kier molecular flexibility index (Phi) is 3.69. The zero-order valence-corrected chi connectivity index (χ0v) is 8.23. The van der Waals surface area contributed by atoms with Crippen molar-refractivity contribution in [2.45, 2.75) is 25.4 Å². The van der Waals surface area contributed by atoms with Crippen LogP contribution < -0.4 is 5.73 Å². The highest BCUT2D eigenvalue weighted by Gasteiger charge is 2.23. The lowest BCUT2D eigenvalue weighted by atomic mass is 10.1. The van der Waals surface area contributed by atoms with Gasteiger partial charge in [0.2, 0.25) is 0 Å². The third-order valence-electron chi connectivity index (χ3n) is 2.41. The molecule has 0 spiro atoms. The molecule has 0 amide bonds. The number of nitrogens with zero attached hydrogens (tertiary/aromatic N) is 1. The molecular formula is C8H18N2S. The van der Waals surface area contributed by atoms with Crippen LogP contribution in [0.4, 0.5) is 0 Å². The van der Waals surface area contributed by atoms with Crippen molar-refractivity contribution >= 4 is 11.8 Å². The Hall–Kier alpha value is 0.270. The molecule has 0 aliphatic carbocycles. The molecule has 3 heteroatoms. The Bertz CT molecular complexity index is 115. The number of nitrogens with two attached hydrogens (primary N) is 1. The third-order valence-corrected chi connectivity index (χ3v) is 3.46. The van der Waals surface area contributed by atoms with Crippen molar-refractivity contribution in [3.8, 4) is 0 Å². The fourth-order valence-corrected chi connectivity index (χ4v) is 2.76. The molecule has 11 heavy (non-hydrogen) atoms. The lowest BCUT2D eigenvalue weighted by Gasteiger charge is -2.35. The van der Waals surface area contributed by atoms with Gasteiger partial charge in [0, 0.05) is 30.1 Å². The van der Waals surface area contributed by atoms with E-state index in [0.717, 1.165) is 6.42 Å². The Morgan fingerprint density at radius 3 is 3.00 bits per heavy atom. The van der Waals surface area contributed by atoms with Gasteiger partial charge in [-0.05, 0) is 13.5 Å². The van der Waals surface area contributed by atoms with Gasteiger partial charge in [-0.15, -0.1) is 0 Å². The highest BCUT2D eigenvalue weighted by molar-refractivity contribution is 7.99. The van der Waals surface area contributed by atoms with Crippen molar-refractivity contribution in [2.24, 2.45) is 5.73 Å². The first-order valence-electron chi connectivity index (χ1n) is 4.29. The van der Waals surface area contributed by atoms with Gasteiger partial charge in [0.1, 0.15) is 0 Å². The van der Waals surface area contributed by atoms with Crippen LogP contribution in [-0.2, 0) is 0 Å². The van der Waals surface area contributed by atoms with Gasteiger partial charge in [-0.1, -0.05) is 6.92 Å². The van der Waals surface area contributed by atoms with E-state index in [1.165, 1.54) is 18.1 Å². The summed E-state index contributed by atoms with van der Waals surface area (Å²) in [6, 6.07) is 0.978. The summed E-state index contributed by atoms with van der Waals surface area (Å²) in [5.74, 6) is 2.48. The number of hydrogen-bond acceptors (Lipinski definition) is 3. The lowest BCUT2D eigenvalue weighted by molar-refractivity contribution is 0.233. The van der Waals surface area contributed by atoms with Crippen LogP contribution in [0.3, 0.4) is 0 Å². The first-order chi connectivity index (χ1) is 5.25. The molecule has 1 saturated heterocycles. The van der Waals surface area contributed by atoms with Crippen LogP contribution in [-0.4, -0.2) is 42.1 Å². The monoisotopic (exact) mass is 174 g/mol. The van der Waals surface area contributed by atoms with E-state index < -0.39 is 0 Å². The van der Waals surface area contributed by atoms with Crippen LogP contribution in [0.25, 0.3) is 0 Å². The summed E-state index contributed by atoms with van der Waals surface area (Å²) in [4.78, 5) is 2.39. The van der Waals surface area contributed by atoms with Gasteiger partial charge in [0.15, 0.2) is 0 Å². The van der Waals surface area contributed by atoms with Crippen LogP contribution in [0.1, 0.15) is 13.3 Å². The van der Waals surface area contributed by atoms with Crippen molar-refractivity contribution in [2.75, 3.05) is 25.1 Å². The number of likely N-dealkylation sites (N-methyl/N-ethyl adjacent to an activating group) is 1. The molecule has 1 aliphatic heterocycles. The maximum Gasteiger partial charge on any atom is 0.0334 e. The molecule has 1 unspecified atom stereocenters. The molecule has 0 aromatic heterocycles. The van der Waals surface area contributed by atoms with Gasteiger partial charge < -0.3 is 10.6 Å². The second-order valence-corrected chi connectivity index (χ2v) is 4.34. The summed E-state index contributed by atoms with van der Waals surface area (Å²) in [7, 11) is 2.18. The van der Waals surface area contributed by atoms with Crippen LogP contribution in [0.2, 0.25) is 0 Å². The third kappa shape index (κ3) is 2.36. The molecular weight excluding hydrogens is 156 g/mol. The first-order valence-corrected chi connectivity index (χ1v) is 5.44. The fourth-order valence-electron chi connectivity index (χ4n) is 1.43. The topological polar surface area (TPSA) is 29.3 Å². The quantitative estimate of drug-likeness (QED) is 0.670. The van der Waals surface area contributed by atoms with Gasteiger partial charge in [0.25, 0.3) is 0 Å². The minimum absolute atomic E-state index is 0.368. The predicted octanol–water partition coefficient (Wildman–Crippen LogP) is 0.771. The molecule has 2 nitrogen and oxygen atoms in total. The van der Waals surface area contributed by atoms with Crippen molar-refractivity contribution in [3.63, 3.8) is 0 Å². The summed E-state index contributed by atoms with van der Waals surface area (Å²) in [6.07, 6.45) is 1.09. The highest BCUT2D eigenvalue weighted by atomic mass is 32.2. The number of hydrogen-bond donors (Lipinski definition) is 1. The second-order valence-electron chi connectivity index (χ2n) is 3.19. The molecule has 1 heterocycles. The van der Waals surface area contributed by atoms with Gasteiger partial charge in [0.05, 0.1) is 0 Å². The van der Waals surface area contributed by atoms with Gasteiger partial charge in [-0.25, -0.2) is 0 Å². The summed E-state index contributed by atoms with van der Waals surface area (Å²) in [6.45, 7) is 3.36. The molecule has 0 aromatic carbocycles. The maximum atomic E-state index is 5.98. The first kappa shape index (κ1) is 9.36. The second kappa shape index (κ2) is 4.33. The number of rotatable bonds is 2. The molecule has 1 aliphatic rings. The molecule has 0 aromatic rings. The van der Waals surface area contributed by atoms with E-state index >= 15 is 0 Å². The molecule has 66 valence electrons. The molecule has 2 N–H and O–H groups in total. The Morgan fingerprint density at radius 1 is 1.73 bits per heavy atom. The number of thioether (sulfide) groups is 1. The van der Waals surface area contributed by atoms with Crippen molar-refractivity contribution in [3.05, 3.63) is 0 Å². The largest absolute Gasteiger partial charge is 0.326 e. The molecule has 2 atom stereocenters. The summed E-state index contributed by atoms with van der Waals surface area (Å²) in [5, 5.41) is 0. The summed E-state index contributed by atoms with van der Waals surface area (Å²) >= 11 is 2.03. The summed E-state index contributed by atoms with van der Waals surface area (Å²) < 4.78 is 0. The Balaban J connectivity index is 2.40. The van der Waals surface area contributed by atoms with Crippen molar-refractivity contribution in [1.29, 1.82) is 0 Å². The zero-order valence-electron chi connectivity index (χ0n) is 7.42. The normalized spacial score (nSPS) is 30.3. The Morgan fingerprint density at radius 2 is 2.45 bits per heavy atom. The van der Waals surface area contributed by atoms with Gasteiger partial charge >= 0.3 is 0 Å². The summed E-state index contributed by atoms with van der Waals surface area (Å²) in [5.41, 5.74) is 5.98. The average molecular weight is 174 g/mol. The van der Waals surface area contributed by atoms with E-state index in [-0.39, 0.29) is 0 Å². The molecule has 0 saturated carbocycles. The average Bonchev–Trinajstić information content (AvgIpc) is 2.04. The van der Waals surface area contributed by atoms with Gasteiger partial charge in [-0.2, -0.15) is 11.8 Å². The zero-order chi connectivity index (χ0) is 8.27. The van der Waals surface area contributed by atoms with E-state index in [2.05, 4.69) is 18.9 Å². The van der Waals surface area contributed by atoms with Crippen molar-refractivity contribution in [1.82, 2.24) is 4.90 Å². The highest BCUT2D eigenvalue weighted by Crippen LogP contribution is 2.17. The van der Waals surface area contributed by atoms with E-state index in [4.69, 9.17) is 5.73 Å². The Labute approximate surface area is 73.5 Å². The van der Waals surface area contributed by atoms with Crippen molar-refractivity contribution < 1.29 is 0 Å². The minimum Gasteiger partial charge on any atom is -0.326 e. The van der Waals surface area contributed by atoms with Crippen LogP contribution in [0.15, 0.2) is 0 Å². The van der Waals surface area contributed by atoms with E-state index in [0.29, 0.717) is 12.1 Å². The van der Waals surface area contributed by atoms with Gasteiger partial charge in [-0.3, -0.25) is 0 Å². The molecule has 0 radical (unpaired) electrons. The standard InChI is InChI=1S/C8H18N2S/c1-3-7(9)8-6-11-5-4-10(8)2/h7-8H,3-6,9H2,1-2H3/t7-,8?/m1/s1.